The van der Waals surface area contributed by atoms with Crippen LogP contribution < -0.4 is 0 Å². The van der Waals surface area contributed by atoms with E-state index in [-0.39, 0.29) is 119 Å². The molecular weight excluding hydrogens is 1040 g/mol. The SMILES string of the molecule is C=CC(=O)OC1C(OCC)(OCC)C(OCC)(OCC)C(OCC)(OCC)C(OCC)(OCC)C1(OCC)C(C)(C)C1(OCC)C(OC(=O)C=C)C(OCC)(OCC)C(OCC)(OCC)C(OCC)(OCC)C1(OCC)OCC. The summed E-state index contributed by atoms with van der Waals surface area (Å²) in [6.45, 7) is 38.6. The van der Waals surface area contributed by atoms with Crippen molar-refractivity contribution in [2.75, 3.05) is 119 Å². The summed E-state index contributed by atoms with van der Waals surface area (Å²) in [7, 11) is 0. The molecule has 0 aromatic rings. The normalized spacial score (nSPS) is 25.1. The van der Waals surface area contributed by atoms with Crippen molar-refractivity contribution in [3.05, 3.63) is 25.3 Å². The molecule has 0 N–H and O–H groups in total. The molecule has 0 spiro atoms. The molecular formula is C57H104O22. The second-order valence-corrected chi connectivity index (χ2v) is 18.0. The Morgan fingerprint density at radius 1 is 0.304 bits per heavy atom. The van der Waals surface area contributed by atoms with E-state index in [1.54, 1.807) is 138 Å². The van der Waals surface area contributed by atoms with Crippen LogP contribution in [0.4, 0.5) is 0 Å². The molecule has 22 nitrogen and oxygen atoms in total. The maximum Gasteiger partial charge on any atom is 0.330 e. The topological polar surface area (TPSA) is 219 Å². The molecule has 0 aromatic carbocycles. The van der Waals surface area contributed by atoms with Crippen molar-refractivity contribution < 1.29 is 104 Å². The molecule has 0 saturated heterocycles. The summed E-state index contributed by atoms with van der Waals surface area (Å²) < 4.78 is 146. The highest BCUT2D eigenvalue weighted by Gasteiger charge is 3.02. The van der Waals surface area contributed by atoms with Crippen LogP contribution in [0.1, 0.15) is 138 Å². The highest BCUT2D eigenvalue weighted by atomic mass is 16.9. The van der Waals surface area contributed by atoms with Gasteiger partial charge in [-0.05, 0) is 125 Å². The minimum absolute atomic E-state index is 0.140. The molecule has 0 amide bonds. The van der Waals surface area contributed by atoms with Crippen LogP contribution in [0, 0.1) is 5.41 Å². The third-order valence-corrected chi connectivity index (χ3v) is 14.1. The molecule has 2 fully saturated rings. The predicted molar refractivity (Wildman–Crippen MR) is 291 cm³/mol. The van der Waals surface area contributed by atoms with E-state index < -0.39 is 87.1 Å². The molecule has 79 heavy (non-hydrogen) atoms. The minimum Gasteiger partial charge on any atom is -0.450 e. The van der Waals surface area contributed by atoms with Crippen molar-refractivity contribution in [1.29, 1.82) is 0 Å². The molecule has 0 radical (unpaired) electrons. The van der Waals surface area contributed by atoms with E-state index in [1.807, 2.05) is 0 Å². The highest BCUT2D eigenvalue weighted by Crippen LogP contribution is 2.75. The zero-order valence-corrected chi connectivity index (χ0v) is 51.9. The Morgan fingerprint density at radius 3 is 0.658 bits per heavy atom. The summed E-state index contributed by atoms with van der Waals surface area (Å²) in [5.41, 5.74) is -7.90. The molecule has 2 saturated carbocycles. The fraction of sp³-hybridized carbons (Fsp3) is 0.895. The highest BCUT2D eigenvalue weighted by molar-refractivity contribution is 5.82. The Bertz CT molecular complexity index is 1650. The van der Waals surface area contributed by atoms with Gasteiger partial charge in [0.2, 0.25) is 0 Å². The molecule has 0 bridgehead atoms. The smallest absolute Gasteiger partial charge is 0.330 e. The first-order chi connectivity index (χ1) is 37.8. The van der Waals surface area contributed by atoms with Crippen LogP contribution in [0.15, 0.2) is 25.3 Å². The van der Waals surface area contributed by atoms with Gasteiger partial charge in [-0.25, -0.2) is 9.59 Å². The lowest BCUT2D eigenvalue weighted by atomic mass is 9.45. The molecule has 4 atom stereocenters. The summed E-state index contributed by atoms with van der Waals surface area (Å²) in [5.74, 6) is -23.2. The van der Waals surface area contributed by atoms with Crippen LogP contribution in [-0.2, 0) is 104 Å². The van der Waals surface area contributed by atoms with E-state index >= 15 is 0 Å². The molecule has 2 aliphatic carbocycles. The van der Waals surface area contributed by atoms with Gasteiger partial charge < -0.3 is 94.7 Å². The predicted octanol–water partition coefficient (Wildman–Crippen LogP) is 7.94. The number of carbonyl (C=O) groups is 2. The molecule has 0 heterocycles. The zero-order chi connectivity index (χ0) is 60.1. The van der Waals surface area contributed by atoms with Crippen molar-refractivity contribution in [2.45, 2.75) is 208 Å². The Kier molecular flexibility index (Phi) is 29.1. The van der Waals surface area contributed by atoms with Crippen molar-refractivity contribution in [3.63, 3.8) is 0 Å². The molecule has 2 aliphatic rings. The quantitative estimate of drug-likeness (QED) is 0.0322. The van der Waals surface area contributed by atoms with Crippen LogP contribution >= 0.6 is 0 Å². The largest absolute Gasteiger partial charge is 0.450 e. The lowest BCUT2D eigenvalue weighted by molar-refractivity contribution is -0.630. The Labute approximate surface area is 472 Å². The van der Waals surface area contributed by atoms with E-state index in [2.05, 4.69) is 13.2 Å². The van der Waals surface area contributed by atoms with Gasteiger partial charge in [0, 0.05) is 136 Å². The van der Waals surface area contributed by atoms with Gasteiger partial charge >= 0.3 is 11.9 Å². The second-order valence-electron chi connectivity index (χ2n) is 18.0. The Hall–Kier alpha value is -2.30. The number of hydrogen-bond acceptors (Lipinski definition) is 22. The zero-order valence-electron chi connectivity index (χ0n) is 51.9. The van der Waals surface area contributed by atoms with E-state index in [0.29, 0.717) is 0 Å². The van der Waals surface area contributed by atoms with Gasteiger partial charge in [-0.3, -0.25) is 0 Å². The van der Waals surface area contributed by atoms with Gasteiger partial charge in [-0.15, -0.1) is 0 Å². The fourth-order valence-corrected chi connectivity index (χ4v) is 12.8. The number of ether oxygens (including phenoxy) is 20. The van der Waals surface area contributed by atoms with Gasteiger partial charge in [-0.1, -0.05) is 27.0 Å². The monoisotopic (exact) mass is 1140 g/mol. The van der Waals surface area contributed by atoms with Crippen LogP contribution in [0.25, 0.3) is 0 Å². The first-order valence-electron chi connectivity index (χ1n) is 28.9. The van der Waals surface area contributed by atoms with Crippen LogP contribution in [0.3, 0.4) is 0 Å². The fourth-order valence-electron chi connectivity index (χ4n) is 12.8. The lowest BCUT2D eigenvalue weighted by Crippen LogP contribution is -3.02. The molecule has 0 aromatic heterocycles. The van der Waals surface area contributed by atoms with Crippen LogP contribution in [0.2, 0.25) is 0 Å². The summed E-state index contributed by atoms with van der Waals surface area (Å²) >= 11 is 0. The molecule has 4 unspecified atom stereocenters. The average Bonchev–Trinajstić information content (AvgIpc) is 3.41. The summed E-state index contributed by atoms with van der Waals surface area (Å²) in [6, 6.07) is 0. The third-order valence-electron chi connectivity index (χ3n) is 14.1. The number of carbonyl (C=O) groups excluding carboxylic acids is 2. The number of hydrogen-bond donors (Lipinski definition) is 0. The third kappa shape index (κ3) is 10.7. The Balaban J connectivity index is 4.51. The van der Waals surface area contributed by atoms with Gasteiger partial charge in [0.25, 0.3) is 46.3 Å². The van der Waals surface area contributed by atoms with Gasteiger partial charge in [0.15, 0.2) is 23.4 Å². The first kappa shape index (κ1) is 72.8. The molecule has 22 heteroatoms. The van der Waals surface area contributed by atoms with E-state index in [1.165, 1.54) is 0 Å². The van der Waals surface area contributed by atoms with Crippen molar-refractivity contribution in [1.82, 2.24) is 0 Å². The summed E-state index contributed by atoms with van der Waals surface area (Å²) in [6.07, 6.45) is -2.33. The van der Waals surface area contributed by atoms with E-state index in [9.17, 15) is 9.59 Å². The van der Waals surface area contributed by atoms with Crippen molar-refractivity contribution >= 4 is 11.9 Å². The molecule has 2 rings (SSSR count). The first-order valence-corrected chi connectivity index (χ1v) is 28.9. The maximum absolute atomic E-state index is 15.0. The van der Waals surface area contributed by atoms with E-state index in [0.717, 1.165) is 12.2 Å². The van der Waals surface area contributed by atoms with E-state index in [4.69, 9.17) is 94.7 Å². The van der Waals surface area contributed by atoms with Crippen molar-refractivity contribution in [2.24, 2.45) is 5.41 Å². The standard InChI is InChI=1S/C57H104O22/c1-23-43(58)78-45-48(60-25-3,52(66-31-9,67-32-10)56(74-39-17,75-40-18)54(70-35-13,71-36-14)50(45,62-27-5)63-28-6)47(21,22)49(61-26-4)46(79-44(59)24-2)51(64-29-7,65-30-8)55(72-37-15,73-38-16)57(76-41-19,77-42-20)53(49,68-33-11)69-34-12/h23-24,45-46H,1-2,25-42H2,3-22H3. The maximum atomic E-state index is 15.0. The minimum atomic E-state index is -2.76. The lowest BCUT2D eigenvalue weighted by Gasteiger charge is -2.78. The summed E-state index contributed by atoms with van der Waals surface area (Å²) in [5, 5.41) is 0. The van der Waals surface area contributed by atoms with Crippen LogP contribution in [0.5, 0.6) is 0 Å². The average molecular weight is 1140 g/mol. The van der Waals surface area contributed by atoms with Gasteiger partial charge in [0.05, 0.1) is 0 Å². The van der Waals surface area contributed by atoms with Gasteiger partial charge in [0.1, 0.15) is 0 Å². The number of esters is 2. The Morgan fingerprint density at radius 2 is 0.481 bits per heavy atom. The number of rotatable bonds is 42. The van der Waals surface area contributed by atoms with Gasteiger partial charge in [-0.2, -0.15) is 0 Å². The van der Waals surface area contributed by atoms with Crippen molar-refractivity contribution in [3.8, 4) is 0 Å². The molecule has 464 valence electrons. The summed E-state index contributed by atoms with van der Waals surface area (Å²) in [4.78, 5) is 30.0. The molecule has 0 aliphatic heterocycles. The van der Waals surface area contributed by atoms with Crippen LogP contribution in [-0.4, -0.2) is 201 Å². The second kappa shape index (κ2) is 31.6.